The average Bonchev–Trinajstić information content (AvgIpc) is 2.70. The molecule has 0 radical (unpaired) electrons. The van der Waals surface area contributed by atoms with Gasteiger partial charge in [0.05, 0.1) is 13.2 Å². The van der Waals surface area contributed by atoms with Crippen LogP contribution in [-0.2, 0) is 14.2 Å². The molecule has 6 N–H and O–H groups in total. The average molecular weight is 282 g/mol. The van der Waals surface area contributed by atoms with Crippen molar-refractivity contribution in [2.75, 3.05) is 13.2 Å². The van der Waals surface area contributed by atoms with Gasteiger partial charge < -0.3 is 44.8 Å². The third-order valence-corrected chi connectivity index (χ3v) is 3.24. The van der Waals surface area contributed by atoms with E-state index in [2.05, 4.69) is 0 Å². The summed E-state index contributed by atoms with van der Waals surface area (Å²) in [7, 11) is 0. The Labute approximate surface area is 108 Å². The van der Waals surface area contributed by atoms with Crippen LogP contribution >= 0.6 is 0 Å². The fourth-order valence-corrected chi connectivity index (χ4v) is 2.07. The van der Waals surface area contributed by atoms with Crippen molar-refractivity contribution in [3.05, 3.63) is 0 Å². The fourth-order valence-electron chi connectivity index (χ4n) is 2.07. The highest BCUT2D eigenvalue weighted by atomic mass is 16.7. The summed E-state index contributed by atoms with van der Waals surface area (Å²) in [6, 6.07) is 0. The van der Waals surface area contributed by atoms with E-state index in [1.807, 2.05) is 0 Å². The van der Waals surface area contributed by atoms with Gasteiger partial charge in [0.25, 0.3) is 0 Å². The van der Waals surface area contributed by atoms with Crippen molar-refractivity contribution in [3.8, 4) is 0 Å². The zero-order chi connectivity index (χ0) is 14.2. The summed E-state index contributed by atoms with van der Waals surface area (Å²) in [4.78, 5) is 0. The van der Waals surface area contributed by atoms with Crippen molar-refractivity contribution in [2.45, 2.75) is 49.2 Å². The molecule has 8 atom stereocenters. The molecule has 0 aromatic carbocycles. The predicted octanol–water partition coefficient (Wildman–Crippen LogP) is -4.12. The van der Waals surface area contributed by atoms with E-state index in [-0.39, 0.29) is 6.61 Å². The third kappa shape index (κ3) is 2.89. The van der Waals surface area contributed by atoms with Gasteiger partial charge in [0.1, 0.15) is 36.6 Å². The summed E-state index contributed by atoms with van der Waals surface area (Å²) < 4.78 is 15.0. The van der Waals surface area contributed by atoms with Gasteiger partial charge in [-0.1, -0.05) is 0 Å². The molecule has 0 bridgehead atoms. The van der Waals surface area contributed by atoms with Crippen molar-refractivity contribution in [3.63, 3.8) is 0 Å². The maximum Gasteiger partial charge on any atom is 0.187 e. The lowest BCUT2D eigenvalue weighted by Gasteiger charge is -2.40. The standard InChI is InChI=1S/C10H18O9/c11-1-4-5(13)6(14)7(15)10(18-4)19-8-3(12)2-17-9(8)16/h3-16H,1-2H2/t3-,4-,5-,6+,7-,8?,9-,10-/m1/s1. The molecule has 2 rings (SSSR count). The third-order valence-electron chi connectivity index (χ3n) is 3.24. The second-order valence-electron chi connectivity index (χ2n) is 4.59. The van der Waals surface area contributed by atoms with Gasteiger partial charge in [-0.15, -0.1) is 0 Å². The van der Waals surface area contributed by atoms with Gasteiger partial charge in [0, 0.05) is 0 Å². The Morgan fingerprint density at radius 1 is 1.00 bits per heavy atom. The van der Waals surface area contributed by atoms with Crippen molar-refractivity contribution >= 4 is 0 Å². The van der Waals surface area contributed by atoms with Crippen molar-refractivity contribution in [1.82, 2.24) is 0 Å². The highest BCUT2D eigenvalue weighted by molar-refractivity contribution is 4.90. The Morgan fingerprint density at radius 3 is 2.21 bits per heavy atom. The fraction of sp³-hybridized carbons (Fsp3) is 1.00. The molecule has 2 saturated heterocycles. The molecule has 1 unspecified atom stereocenters. The molecular weight excluding hydrogens is 264 g/mol. The number of aliphatic hydroxyl groups excluding tert-OH is 6. The minimum absolute atomic E-state index is 0.136. The van der Waals surface area contributed by atoms with Crippen molar-refractivity contribution in [1.29, 1.82) is 0 Å². The van der Waals surface area contributed by atoms with E-state index in [1.165, 1.54) is 0 Å². The van der Waals surface area contributed by atoms with E-state index in [9.17, 15) is 25.5 Å². The highest BCUT2D eigenvalue weighted by Crippen LogP contribution is 2.26. The van der Waals surface area contributed by atoms with E-state index in [0.717, 1.165) is 0 Å². The SMILES string of the molecule is OC[C@H]1O[C@H](OC2[C@H](O)CO[C@H]2O)[C@H](O)[C@@H](O)[C@@H]1O. The minimum Gasteiger partial charge on any atom is -0.394 e. The Hall–Kier alpha value is -0.360. The quantitative estimate of drug-likeness (QED) is 0.303. The van der Waals surface area contributed by atoms with E-state index in [4.69, 9.17) is 19.3 Å². The Morgan fingerprint density at radius 2 is 1.68 bits per heavy atom. The van der Waals surface area contributed by atoms with Crippen molar-refractivity contribution < 1.29 is 44.8 Å². The molecule has 19 heavy (non-hydrogen) atoms. The zero-order valence-corrected chi connectivity index (χ0v) is 9.94. The lowest BCUT2D eigenvalue weighted by molar-refractivity contribution is -0.324. The lowest BCUT2D eigenvalue weighted by atomic mass is 9.99. The summed E-state index contributed by atoms with van der Waals surface area (Å²) >= 11 is 0. The van der Waals surface area contributed by atoms with Gasteiger partial charge in [-0.2, -0.15) is 0 Å². The maximum atomic E-state index is 9.71. The molecule has 0 amide bonds. The number of rotatable bonds is 3. The molecule has 0 spiro atoms. The first-order valence-corrected chi connectivity index (χ1v) is 5.89. The van der Waals surface area contributed by atoms with Crippen molar-refractivity contribution in [2.24, 2.45) is 0 Å². The second kappa shape index (κ2) is 5.95. The molecule has 0 aliphatic carbocycles. The summed E-state index contributed by atoms with van der Waals surface area (Å²) in [6.07, 6.45) is -10.8. The Kier molecular flexibility index (Phi) is 4.71. The molecule has 0 aromatic heterocycles. The minimum atomic E-state index is -1.59. The van der Waals surface area contributed by atoms with Crippen LogP contribution in [-0.4, -0.2) is 93.1 Å². The molecule has 112 valence electrons. The van der Waals surface area contributed by atoms with Crippen LogP contribution in [0.1, 0.15) is 0 Å². The Bertz CT molecular complexity index is 289. The number of ether oxygens (including phenoxy) is 3. The number of hydrogen-bond donors (Lipinski definition) is 6. The number of hydrogen-bond acceptors (Lipinski definition) is 9. The monoisotopic (exact) mass is 282 g/mol. The van der Waals surface area contributed by atoms with Gasteiger partial charge in [0.15, 0.2) is 12.6 Å². The van der Waals surface area contributed by atoms with Crippen LogP contribution in [0.5, 0.6) is 0 Å². The molecule has 0 saturated carbocycles. The summed E-state index contributed by atoms with van der Waals surface area (Å²) in [5.41, 5.74) is 0. The summed E-state index contributed by atoms with van der Waals surface area (Å²) in [5.74, 6) is 0. The van der Waals surface area contributed by atoms with Crippen LogP contribution in [0.2, 0.25) is 0 Å². The van der Waals surface area contributed by atoms with E-state index in [0.29, 0.717) is 0 Å². The van der Waals surface area contributed by atoms with E-state index in [1.54, 1.807) is 0 Å². The largest absolute Gasteiger partial charge is 0.394 e. The van der Waals surface area contributed by atoms with E-state index >= 15 is 0 Å². The second-order valence-corrected chi connectivity index (χ2v) is 4.59. The summed E-state index contributed by atoms with van der Waals surface area (Å²) in [5, 5.41) is 56.7. The smallest absolute Gasteiger partial charge is 0.187 e. The first kappa shape index (κ1) is 15.0. The van der Waals surface area contributed by atoms with Crippen LogP contribution in [0.3, 0.4) is 0 Å². The van der Waals surface area contributed by atoms with Crippen LogP contribution < -0.4 is 0 Å². The van der Waals surface area contributed by atoms with Crippen LogP contribution in [0.25, 0.3) is 0 Å². The van der Waals surface area contributed by atoms with Gasteiger partial charge in [-0.25, -0.2) is 0 Å². The maximum absolute atomic E-state index is 9.71. The molecule has 0 aromatic rings. The summed E-state index contributed by atoms with van der Waals surface area (Å²) in [6.45, 7) is -0.722. The first-order chi connectivity index (χ1) is 8.95. The van der Waals surface area contributed by atoms with E-state index < -0.39 is 55.8 Å². The molecule has 9 nitrogen and oxygen atoms in total. The van der Waals surface area contributed by atoms with Crippen LogP contribution in [0.15, 0.2) is 0 Å². The number of aliphatic hydroxyl groups is 6. The molecule has 2 aliphatic rings. The molecular formula is C10H18O9. The predicted molar refractivity (Wildman–Crippen MR) is 56.6 cm³/mol. The molecule has 2 heterocycles. The van der Waals surface area contributed by atoms with Gasteiger partial charge in [0.2, 0.25) is 0 Å². The van der Waals surface area contributed by atoms with Crippen LogP contribution in [0, 0.1) is 0 Å². The van der Waals surface area contributed by atoms with Gasteiger partial charge in [-0.05, 0) is 0 Å². The lowest BCUT2D eigenvalue weighted by Crippen LogP contribution is -2.60. The normalized spacial score (nSPS) is 51.5. The Balaban J connectivity index is 2.02. The van der Waals surface area contributed by atoms with Gasteiger partial charge in [-0.3, -0.25) is 0 Å². The van der Waals surface area contributed by atoms with Crippen LogP contribution in [0.4, 0.5) is 0 Å². The topological polar surface area (TPSA) is 149 Å². The zero-order valence-electron chi connectivity index (χ0n) is 9.94. The molecule has 9 heteroatoms. The highest BCUT2D eigenvalue weighted by Gasteiger charge is 2.47. The first-order valence-electron chi connectivity index (χ1n) is 5.89. The molecule has 2 aliphatic heterocycles. The van der Waals surface area contributed by atoms with Gasteiger partial charge >= 0.3 is 0 Å². The molecule has 2 fully saturated rings.